The molecule has 300 valence electrons. The van der Waals surface area contributed by atoms with Crippen LogP contribution in [0.2, 0.25) is 0 Å². The van der Waals surface area contributed by atoms with E-state index in [4.69, 9.17) is 38.9 Å². The van der Waals surface area contributed by atoms with Crippen LogP contribution in [0.3, 0.4) is 0 Å². The molecule has 0 aliphatic carbocycles. The molecule has 56 heavy (non-hydrogen) atoms. The normalized spacial score (nSPS) is 11.8. The van der Waals surface area contributed by atoms with Gasteiger partial charge in [0.05, 0.1) is 13.7 Å². The Labute approximate surface area is 322 Å². The van der Waals surface area contributed by atoms with Crippen molar-refractivity contribution in [2.45, 2.75) is 59.6 Å². The largest absolute Gasteiger partial charge is 0.511 e. The molecule has 0 saturated heterocycles. The lowest BCUT2D eigenvalue weighted by molar-refractivity contribution is -0.141. The molecule has 0 fully saturated rings. The maximum atomic E-state index is 16.5. The number of hydrogen-bond donors (Lipinski definition) is 2. The predicted octanol–water partition coefficient (Wildman–Crippen LogP) is 5.52. The first-order chi connectivity index (χ1) is 26.9. The summed E-state index contributed by atoms with van der Waals surface area (Å²) in [6.07, 6.45) is 2.03. The molecule has 2 aromatic carbocycles. The van der Waals surface area contributed by atoms with Gasteiger partial charge in [-0.05, 0) is 55.2 Å². The number of benzene rings is 2. The molecule has 18 nitrogen and oxygen atoms in total. The van der Waals surface area contributed by atoms with Crippen molar-refractivity contribution in [2.75, 3.05) is 39.0 Å². The molecule has 1 amide bonds. The van der Waals surface area contributed by atoms with Crippen molar-refractivity contribution in [3.05, 3.63) is 77.6 Å². The zero-order valence-electron chi connectivity index (χ0n) is 31.9. The molecule has 2 aromatic heterocycles. The number of nitrogens with two attached hydrogens (primary N) is 1. The first kappa shape index (κ1) is 42.2. The minimum Gasteiger partial charge on any atom is -0.497 e. The number of halogens is 1. The lowest BCUT2D eigenvalue weighted by atomic mass is 10.0. The number of anilines is 1. The molecule has 4 rings (SSSR count). The Bertz CT molecular complexity index is 1940. The fraction of sp³-hybridized carbons (Fsp3) is 0.405. The van der Waals surface area contributed by atoms with E-state index in [0.29, 0.717) is 24.1 Å². The van der Waals surface area contributed by atoms with E-state index < -0.39 is 36.9 Å². The summed E-state index contributed by atoms with van der Waals surface area (Å²) in [5.74, 6) is -1.32. The molecule has 3 N–H and O–H groups in total. The maximum absolute atomic E-state index is 16.5. The lowest BCUT2D eigenvalue weighted by Gasteiger charge is -2.21. The Morgan fingerprint density at radius 2 is 1.70 bits per heavy atom. The van der Waals surface area contributed by atoms with Gasteiger partial charge >= 0.3 is 24.2 Å². The number of nitrogens with zero attached hydrogens (tertiary/aromatic N) is 6. The zero-order chi connectivity index (χ0) is 40.6. The average molecular weight is 781 g/mol. The van der Waals surface area contributed by atoms with E-state index >= 15 is 4.39 Å². The van der Waals surface area contributed by atoms with Gasteiger partial charge in [0.2, 0.25) is 6.79 Å². The highest BCUT2D eigenvalue weighted by Crippen LogP contribution is 2.36. The SMILES string of the molecule is CCC(CC)OC(=O)OCOc1nc(C(Nc2ccc(C(N)=NC(=O)OCC(C)C)cc2)c2cc(OC)cc(OCCOC(C)=O)c2F)nn1-c1ncccn1. The molecule has 0 bridgehead atoms. The third-order valence-corrected chi connectivity index (χ3v) is 7.61. The number of hydrogen-bond acceptors (Lipinski definition) is 15. The summed E-state index contributed by atoms with van der Waals surface area (Å²) in [6, 6.07) is 9.36. The predicted molar refractivity (Wildman–Crippen MR) is 198 cm³/mol. The highest BCUT2D eigenvalue weighted by molar-refractivity contribution is 6.02. The Hall–Kier alpha value is -6.53. The molecule has 19 heteroatoms. The number of amidine groups is 1. The van der Waals surface area contributed by atoms with Gasteiger partial charge in [-0.1, -0.05) is 27.7 Å². The molecule has 1 atom stereocenters. The van der Waals surface area contributed by atoms with Crippen molar-refractivity contribution >= 4 is 29.7 Å². The highest BCUT2D eigenvalue weighted by atomic mass is 19.1. The lowest BCUT2D eigenvalue weighted by Crippen LogP contribution is -2.20. The smallest absolute Gasteiger partial charge is 0.497 e. The van der Waals surface area contributed by atoms with Crippen LogP contribution in [0, 0.1) is 11.7 Å². The second kappa shape index (κ2) is 20.8. The molecule has 4 aromatic rings. The number of aromatic nitrogens is 5. The monoisotopic (exact) mass is 780 g/mol. The fourth-order valence-electron chi connectivity index (χ4n) is 4.80. The van der Waals surface area contributed by atoms with Gasteiger partial charge in [0.1, 0.15) is 36.9 Å². The zero-order valence-corrected chi connectivity index (χ0v) is 31.9. The van der Waals surface area contributed by atoms with Crippen molar-refractivity contribution in [1.82, 2.24) is 24.7 Å². The number of amides is 1. The van der Waals surface area contributed by atoms with Crippen LogP contribution in [0.25, 0.3) is 5.95 Å². The number of rotatable bonds is 19. The number of ether oxygens (including phenoxy) is 7. The summed E-state index contributed by atoms with van der Waals surface area (Å²) in [5, 5.41) is 7.80. The van der Waals surface area contributed by atoms with Crippen LogP contribution >= 0.6 is 0 Å². The van der Waals surface area contributed by atoms with E-state index in [1.165, 1.54) is 38.6 Å². The Morgan fingerprint density at radius 3 is 2.34 bits per heavy atom. The molecular weight excluding hydrogens is 735 g/mol. The standard InChI is InChI=1S/C37H45FN8O10/c1-7-26(8-2)56-37(49)55-21-54-35-44-33(45-46(35)34-40-14-9-15-41-34)31(28-18-27(50-6)19-29(30(28)38)52-17-16-51-23(5)47)42-25-12-10-24(11-13-25)32(39)43-36(48)53-20-22(3)4/h9-15,18-19,22,26,31,42H,7-8,16-17,20-21H2,1-6H3,(H2,39,43,48). The topological polar surface area (TPSA) is 223 Å². The molecule has 0 radical (unpaired) electrons. The van der Waals surface area contributed by atoms with Gasteiger partial charge in [0.15, 0.2) is 17.4 Å². The van der Waals surface area contributed by atoms with Crippen molar-refractivity contribution in [2.24, 2.45) is 16.6 Å². The summed E-state index contributed by atoms with van der Waals surface area (Å²) in [5.41, 5.74) is 6.88. The van der Waals surface area contributed by atoms with E-state index in [0.717, 1.165) is 4.68 Å². The first-order valence-corrected chi connectivity index (χ1v) is 17.6. The van der Waals surface area contributed by atoms with Gasteiger partial charge in [-0.15, -0.1) is 9.78 Å². The van der Waals surface area contributed by atoms with E-state index in [2.05, 4.69) is 30.4 Å². The third kappa shape index (κ3) is 12.3. The second-order valence-corrected chi connectivity index (χ2v) is 12.3. The van der Waals surface area contributed by atoms with Crippen LogP contribution in [-0.4, -0.2) is 88.6 Å². The molecule has 2 heterocycles. The Balaban J connectivity index is 1.74. The third-order valence-electron chi connectivity index (χ3n) is 7.61. The summed E-state index contributed by atoms with van der Waals surface area (Å²) in [6.45, 7) is 8.05. The van der Waals surface area contributed by atoms with Gasteiger partial charge in [-0.3, -0.25) is 4.79 Å². The molecule has 0 saturated carbocycles. The number of esters is 1. The average Bonchev–Trinajstić information content (AvgIpc) is 3.61. The van der Waals surface area contributed by atoms with Gasteiger partial charge in [0, 0.05) is 42.2 Å². The summed E-state index contributed by atoms with van der Waals surface area (Å²) >= 11 is 0. The molecule has 0 aliphatic heterocycles. The fourth-order valence-corrected chi connectivity index (χ4v) is 4.80. The van der Waals surface area contributed by atoms with Crippen LogP contribution in [0.1, 0.15) is 70.5 Å². The first-order valence-electron chi connectivity index (χ1n) is 17.6. The van der Waals surface area contributed by atoms with Crippen LogP contribution in [0.5, 0.6) is 17.5 Å². The van der Waals surface area contributed by atoms with Gasteiger partial charge in [0.25, 0.3) is 5.95 Å². The second-order valence-electron chi connectivity index (χ2n) is 12.3. The van der Waals surface area contributed by atoms with Crippen molar-refractivity contribution in [1.29, 1.82) is 0 Å². The van der Waals surface area contributed by atoms with Crippen LogP contribution in [0.4, 0.5) is 19.7 Å². The Morgan fingerprint density at radius 1 is 0.982 bits per heavy atom. The number of aliphatic imine (C=N–C) groups is 1. The number of methoxy groups -OCH3 is 1. The van der Waals surface area contributed by atoms with E-state index in [-0.39, 0.29) is 72.5 Å². The van der Waals surface area contributed by atoms with Crippen LogP contribution in [-0.2, 0) is 23.7 Å². The van der Waals surface area contributed by atoms with Crippen molar-refractivity contribution in [3.8, 4) is 23.5 Å². The quantitative estimate of drug-likeness (QED) is 0.0298. The minimum atomic E-state index is -1.20. The number of carbonyl (C=O) groups excluding carboxylic acids is 3. The van der Waals surface area contributed by atoms with Gasteiger partial charge < -0.3 is 44.2 Å². The summed E-state index contributed by atoms with van der Waals surface area (Å²) in [4.78, 5) is 52.5. The van der Waals surface area contributed by atoms with Crippen LogP contribution < -0.4 is 25.3 Å². The molecule has 0 aliphatic rings. The number of carbonyl (C=O) groups is 3. The van der Waals surface area contributed by atoms with Crippen molar-refractivity contribution < 1.29 is 51.9 Å². The van der Waals surface area contributed by atoms with E-state index in [1.807, 2.05) is 27.7 Å². The minimum absolute atomic E-state index is 0.0336. The van der Waals surface area contributed by atoms with Crippen LogP contribution in [0.15, 0.2) is 59.9 Å². The summed E-state index contributed by atoms with van der Waals surface area (Å²) < 4.78 is 54.9. The van der Waals surface area contributed by atoms with Gasteiger partial charge in [-0.2, -0.15) is 9.98 Å². The maximum Gasteiger partial charge on any atom is 0.511 e. The summed E-state index contributed by atoms with van der Waals surface area (Å²) in [7, 11) is 1.39. The molecular formula is C37H45FN8O10. The molecule has 1 unspecified atom stereocenters. The van der Waals surface area contributed by atoms with Gasteiger partial charge in [-0.25, -0.2) is 23.9 Å². The van der Waals surface area contributed by atoms with E-state index in [1.54, 1.807) is 30.3 Å². The molecule has 0 spiro atoms. The van der Waals surface area contributed by atoms with E-state index in [9.17, 15) is 14.4 Å². The number of nitrogens with one attached hydrogen (secondary N) is 1. The Kier molecular flexibility index (Phi) is 15.7. The highest BCUT2D eigenvalue weighted by Gasteiger charge is 2.29. The van der Waals surface area contributed by atoms with Crippen molar-refractivity contribution in [3.63, 3.8) is 0 Å².